The summed E-state index contributed by atoms with van der Waals surface area (Å²) in [6.45, 7) is 4.53. The van der Waals surface area contributed by atoms with Crippen molar-refractivity contribution in [2.75, 3.05) is 0 Å². The molecule has 1 amide bonds. The van der Waals surface area contributed by atoms with Gasteiger partial charge in [0.25, 0.3) is 5.91 Å². The van der Waals surface area contributed by atoms with Gasteiger partial charge in [-0.05, 0) is 76.1 Å². The molecular formula is C22H25F4NO5S3. The summed E-state index contributed by atoms with van der Waals surface area (Å²) in [6.07, 6.45) is -6.03. The van der Waals surface area contributed by atoms with Gasteiger partial charge in [0.1, 0.15) is 4.88 Å². The summed E-state index contributed by atoms with van der Waals surface area (Å²) in [5.41, 5.74) is -1.19. The fourth-order valence-corrected chi connectivity index (χ4v) is 8.00. The van der Waals surface area contributed by atoms with Crippen LogP contribution in [0.3, 0.4) is 0 Å². The second-order valence-corrected chi connectivity index (χ2v) is 15.2. The van der Waals surface area contributed by atoms with Crippen LogP contribution in [-0.2, 0) is 25.9 Å². The van der Waals surface area contributed by atoms with Crippen molar-refractivity contribution in [2.24, 2.45) is 0 Å². The number of halogens is 4. The lowest BCUT2D eigenvalue weighted by Gasteiger charge is -2.34. The summed E-state index contributed by atoms with van der Waals surface area (Å²) in [5.74, 6) is -0.667. The fraction of sp³-hybridized carbons (Fsp3) is 0.500. The normalized spacial score (nSPS) is 22.1. The zero-order valence-corrected chi connectivity index (χ0v) is 21.6. The molecule has 13 heteroatoms. The van der Waals surface area contributed by atoms with Gasteiger partial charge in [0.15, 0.2) is 9.84 Å². The molecule has 6 nitrogen and oxygen atoms in total. The number of benzene rings is 1. The molecule has 1 aliphatic rings. The van der Waals surface area contributed by atoms with Crippen molar-refractivity contribution < 1.29 is 39.2 Å². The van der Waals surface area contributed by atoms with E-state index >= 15 is 4.39 Å². The molecule has 35 heavy (non-hydrogen) atoms. The molecule has 0 unspecified atom stereocenters. The average Bonchev–Trinajstić information content (AvgIpc) is 3.25. The van der Waals surface area contributed by atoms with Crippen LogP contribution in [0.15, 0.2) is 45.5 Å². The molecule has 194 valence electrons. The number of amides is 1. The van der Waals surface area contributed by atoms with E-state index in [4.69, 9.17) is 0 Å². The van der Waals surface area contributed by atoms with Crippen molar-refractivity contribution in [3.8, 4) is 0 Å². The maximum atomic E-state index is 15.5. The number of nitrogens with one attached hydrogen (secondary N) is 1. The second kappa shape index (κ2) is 9.15. The van der Waals surface area contributed by atoms with Crippen molar-refractivity contribution in [1.82, 2.24) is 5.32 Å². The van der Waals surface area contributed by atoms with Gasteiger partial charge >= 0.3 is 6.18 Å². The minimum atomic E-state index is -4.78. The van der Waals surface area contributed by atoms with E-state index < -0.39 is 70.8 Å². The number of sulfone groups is 2. The van der Waals surface area contributed by atoms with Gasteiger partial charge in [-0.15, -0.1) is 11.3 Å². The van der Waals surface area contributed by atoms with Gasteiger partial charge in [-0.2, -0.15) is 13.2 Å². The number of carbonyl (C=O) groups is 1. The van der Waals surface area contributed by atoms with Crippen molar-refractivity contribution in [2.45, 2.75) is 78.2 Å². The van der Waals surface area contributed by atoms with E-state index in [-0.39, 0.29) is 22.6 Å². The van der Waals surface area contributed by atoms with Gasteiger partial charge in [-0.25, -0.2) is 21.2 Å². The molecule has 3 rings (SSSR count). The predicted octanol–water partition coefficient (Wildman–Crippen LogP) is 5.15. The lowest BCUT2D eigenvalue weighted by molar-refractivity contribution is -0.137. The second-order valence-electron chi connectivity index (χ2n) is 9.39. The first-order chi connectivity index (χ1) is 15.9. The van der Waals surface area contributed by atoms with Gasteiger partial charge < -0.3 is 5.32 Å². The molecule has 1 N–H and O–H groups in total. The highest BCUT2D eigenvalue weighted by Gasteiger charge is 2.48. The lowest BCUT2D eigenvalue weighted by atomic mass is 9.93. The molecule has 0 spiro atoms. The molecule has 1 heterocycles. The molecule has 0 atom stereocenters. The number of hydrogen-bond acceptors (Lipinski definition) is 6. The van der Waals surface area contributed by atoms with Crippen LogP contribution in [0.2, 0.25) is 0 Å². The molecule has 2 aromatic rings. The quantitative estimate of drug-likeness (QED) is 0.515. The largest absolute Gasteiger partial charge is 0.416 e. The summed E-state index contributed by atoms with van der Waals surface area (Å²) >= 11 is 0.941. The minimum absolute atomic E-state index is 0.0198. The minimum Gasteiger partial charge on any atom is -0.349 e. The number of rotatable bonds is 5. The number of hydrogen-bond donors (Lipinski definition) is 1. The van der Waals surface area contributed by atoms with Gasteiger partial charge in [-0.1, -0.05) is 6.07 Å². The zero-order valence-electron chi connectivity index (χ0n) is 19.1. The SMILES string of the molecule is CC(C)(C)S(=O)(=O)c1ccsc1C(=O)N[C@H]1CC[C@](F)(S(=O)(=O)c2cccc(C(F)(F)F)c2)CC1. The van der Waals surface area contributed by atoms with Gasteiger partial charge in [0, 0.05) is 6.04 Å². The van der Waals surface area contributed by atoms with Crippen LogP contribution in [0, 0.1) is 0 Å². The highest BCUT2D eigenvalue weighted by Crippen LogP contribution is 2.42. The van der Waals surface area contributed by atoms with E-state index in [1.807, 2.05) is 0 Å². The Balaban J connectivity index is 1.74. The molecule has 1 aliphatic carbocycles. The molecule has 1 aromatic carbocycles. The Hall–Kier alpha value is -1.99. The predicted molar refractivity (Wildman–Crippen MR) is 123 cm³/mol. The number of carbonyl (C=O) groups excluding carboxylic acids is 1. The Labute approximate surface area is 205 Å². The van der Waals surface area contributed by atoms with E-state index in [0.29, 0.717) is 12.1 Å². The highest BCUT2D eigenvalue weighted by atomic mass is 32.2. The summed E-state index contributed by atoms with van der Waals surface area (Å²) in [5, 5.41) is 1.33. The Kier molecular flexibility index (Phi) is 7.21. The smallest absolute Gasteiger partial charge is 0.349 e. The van der Waals surface area contributed by atoms with Crippen LogP contribution >= 0.6 is 11.3 Å². The zero-order chi connectivity index (χ0) is 26.4. The monoisotopic (exact) mass is 555 g/mol. The number of thiophene rings is 1. The summed E-state index contributed by atoms with van der Waals surface area (Å²) in [4.78, 5) is 11.9. The van der Waals surface area contributed by atoms with Crippen molar-refractivity contribution in [3.05, 3.63) is 46.2 Å². The van der Waals surface area contributed by atoms with Crippen LogP contribution in [0.4, 0.5) is 17.6 Å². The molecule has 0 aliphatic heterocycles. The lowest BCUT2D eigenvalue weighted by Crippen LogP contribution is -2.45. The highest BCUT2D eigenvalue weighted by molar-refractivity contribution is 7.93. The molecule has 0 saturated heterocycles. The van der Waals surface area contributed by atoms with E-state index in [1.54, 1.807) is 0 Å². The third kappa shape index (κ3) is 5.26. The Morgan fingerprint density at radius 1 is 1.06 bits per heavy atom. The van der Waals surface area contributed by atoms with Crippen LogP contribution in [-0.4, -0.2) is 38.5 Å². The van der Waals surface area contributed by atoms with E-state index in [9.17, 15) is 34.8 Å². The maximum absolute atomic E-state index is 15.5. The van der Waals surface area contributed by atoms with E-state index in [2.05, 4.69) is 5.32 Å². The summed E-state index contributed by atoms with van der Waals surface area (Å²) in [7, 11) is -8.54. The average molecular weight is 556 g/mol. The molecular weight excluding hydrogens is 530 g/mol. The van der Waals surface area contributed by atoms with Gasteiger partial charge in [0.2, 0.25) is 14.8 Å². The molecule has 1 fully saturated rings. The third-order valence-electron chi connectivity index (χ3n) is 5.95. The van der Waals surface area contributed by atoms with Crippen LogP contribution < -0.4 is 5.32 Å². The standard InChI is InChI=1S/C22H25F4NO5S3/c1-20(2,3)35(31,32)17-9-12-33-18(17)19(28)27-15-7-10-21(23,11-8-15)34(29,30)16-6-4-5-14(13-16)22(24,25)26/h4-6,9,12-13,15H,7-8,10-11H2,1-3H3,(H,27,28)/t15-,21-. The van der Waals surface area contributed by atoms with Gasteiger partial charge in [-0.3, -0.25) is 4.79 Å². The van der Waals surface area contributed by atoms with E-state index in [0.717, 1.165) is 23.5 Å². The molecule has 1 saturated carbocycles. The van der Waals surface area contributed by atoms with Crippen molar-refractivity contribution in [1.29, 1.82) is 0 Å². The van der Waals surface area contributed by atoms with Gasteiger partial charge in [0.05, 0.1) is 20.1 Å². The fourth-order valence-electron chi connectivity index (χ4n) is 3.77. The Morgan fingerprint density at radius 2 is 1.66 bits per heavy atom. The van der Waals surface area contributed by atoms with E-state index in [1.165, 1.54) is 32.2 Å². The molecule has 0 radical (unpaired) electrons. The first-order valence-corrected chi connectivity index (χ1v) is 14.5. The van der Waals surface area contributed by atoms with Crippen molar-refractivity contribution in [3.63, 3.8) is 0 Å². The van der Waals surface area contributed by atoms with Crippen LogP contribution in [0.1, 0.15) is 61.7 Å². The van der Waals surface area contributed by atoms with Crippen molar-refractivity contribution >= 4 is 36.9 Å². The van der Waals surface area contributed by atoms with Crippen LogP contribution in [0.25, 0.3) is 0 Å². The first kappa shape index (κ1) is 27.6. The Morgan fingerprint density at radius 3 is 2.20 bits per heavy atom. The third-order valence-corrected chi connectivity index (χ3v) is 11.8. The van der Waals surface area contributed by atoms with Crippen LogP contribution in [0.5, 0.6) is 0 Å². The maximum Gasteiger partial charge on any atom is 0.416 e. The molecule has 1 aromatic heterocycles. The Bertz CT molecular complexity index is 1320. The first-order valence-electron chi connectivity index (χ1n) is 10.6. The topological polar surface area (TPSA) is 97.4 Å². The molecule has 0 bridgehead atoms. The number of alkyl halides is 4. The summed E-state index contributed by atoms with van der Waals surface area (Å²) < 4.78 is 105. The summed E-state index contributed by atoms with van der Waals surface area (Å²) in [6, 6.07) is 3.67.